The highest BCUT2D eigenvalue weighted by Crippen LogP contribution is 2.13. The van der Waals surface area contributed by atoms with Crippen LogP contribution in [0, 0.1) is 0 Å². The van der Waals surface area contributed by atoms with Crippen LogP contribution < -0.4 is 0 Å². The van der Waals surface area contributed by atoms with Crippen LogP contribution in [0.15, 0.2) is 12.2 Å². The van der Waals surface area contributed by atoms with E-state index in [-0.39, 0.29) is 5.97 Å². The van der Waals surface area contributed by atoms with Gasteiger partial charge in [0.15, 0.2) is 12.4 Å². The molecule has 1 heterocycles. The summed E-state index contributed by atoms with van der Waals surface area (Å²) in [5.74, 6) is -0.325. The van der Waals surface area contributed by atoms with Crippen molar-refractivity contribution in [1.82, 2.24) is 0 Å². The van der Waals surface area contributed by atoms with Gasteiger partial charge in [0.2, 0.25) is 0 Å². The van der Waals surface area contributed by atoms with Crippen molar-refractivity contribution < 1.29 is 19.0 Å². The maximum atomic E-state index is 11.2. The molecule has 13 heavy (non-hydrogen) atoms. The Labute approximate surface area is 77.5 Å². The predicted molar refractivity (Wildman–Crippen MR) is 46.1 cm³/mol. The average molecular weight is 186 g/mol. The van der Waals surface area contributed by atoms with Crippen LogP contribution in [-0.2, 0) is 19.0 Å². The maximum absolute atomic E-state index is 11.2. The third-order valence-electron chi connectivity index (χ3n) is 1.72. The minimum atomic E-state index is -0.519. The Balaban J connectivity index is 2.44. The molecule has 0 amide bonds. The first-order valence-corrected chi connectivity index (χ1v) is 4.29. The molecule has 0 saturated carbocycles. The lowest BCUT2D eigenvalue weighted by Crippen LogP contribution is -2.33. The molecule has 0 aromatic carbocycles. The zero-order valence-corrected chi connectivity index (χ0v) is 7.86. The monoisotopic (exact) mass is 186 g/mol. The Hall–Kier alpha value is -0.870. The first-order valence-electron chi connectivity index (χ1n) is 4.29. The minimum Gasteiger partial charge on any atom is -0.464 e. The molecule has 0 bridgehead atoms. The molecular weight excluding hydrogens is 172 g/mol. The maximum Gasteiger partial charge on any atom is 0.335 e. The summed E-state index contributed by atoms with van der Waals surface area (Å²) in [6.07, 6.45) is 3.24. The molecule has 0 saturated heterocycles. The van der Waals surface area contributed by atoms with Crippen molar-refractivity contribution in [1.29, 1.82) is 0 Å². The first-order chi connectivity index (χ1) is 6.27. The van der Waals surface area contributed by atoms with Gasteiger partial charge in [-0.25, -0.2) is 4.79 Å². The standard InChI is InChI=1S/C9H14O4/c1-3-12-9(10)7-5-4-6-8(11-2)13-7/h4,6-8H,3,5H2,1-2H3/t7-,8+/m1/s1. The lowest BCUT2D eigenvalue weighted by atomic mass is 10.2. The quantitative estimate of drug-likeness (QED) is 0.484. The van der Waals surface area contributed by atoms with E-state index in [0.717, 1.165) is 0 Å². The van der Waals surface area contributed by atoms with E-state index in [9.17, 15) is 4.79 Å². The summed E-state index contributed by atoms with van der Waals surface area (Å²) >= 11 is 0. The summed E-state index contributed by atoms with van der Waals surface area (Å²) in [6.45, 7) is 2.14. The average Bonchev–Trinajstić information content (AvgIpc) is 2.18. The van der Waals surface area contributed by atoms with E-state index in [1.807, 2.05) is 6.08 Å². The van der Waals surface area contributed by atoms with Gasteiger partial charge in [-0.3, -0.25) is 0 Å². The fourth-order valence-corrected chi connectivity index (χ4v) is 1.10. The van der Waals surface area contributed by atoms with Crippen molar-refractivity contribution in [2.45, 2.75) is 25.7 Å². The first kappa shape index (κ1) is 10.2. The number of esters is 1. The lowest BCUT2D eigenvalue weighted by molar-refractivity contribution is -0.177. The number of methoxy groups -OCH3 is 1. The molecule has 0 N–H and O–H groups in total. The number of ether oxygens (including phenoxy) is 3. The normalized spacial score (nSPS) is 27.2. The molecule has 0 unspecified atom stereocenters. The molecule has 2 atom stereocenters. The van der Waals surface area contributed by atoms with E-state index >= 15 is 0 Å². The smallest absolute Gasteiger partial charge is 0.335 e. The van der Waals surface area contributed by atoms with Crippen molar-refractivity contribution in [2.24, 2.45) is 0 Å². The number of hydrogen-bond donors (Lipinski definition) is 0. The van der Waals surface area contributed by atoms with Crippen LogP contribution in [0.3, 0.4) is 0 Å². The van der Waals surface area contributed by atoms with Gasteiger partial charge in [0.1, 0.15) is 0 Å². The summed E-state index contributed by atoms with van der Waals surface area (Å²) in [7, 11) is 1.53. The summed E-state index contributed by atoms with van der Waals surface area (Å²) in [5.41, 5.74) is 0. The van der Waals surface area contributed by atoms with Gasteiger partial charge in [-0.2, -0.15) is 0 Å². The zero-order valence-electron chi connectivity index (χ0n) is 7.86. The fraction of sp³-hybridized carbons (Fsp3) is 0.667. The van der Waals surface area contributed by atoms with Gasteiger partial charge in [-0.15, -0.1) is 0 Å². The van der Waals surface area contributed by atoms with E-state index in [2.05, 4.69) is 0 Å². The fourth-order valence-electron chi connectivity index (χ4n) is 1.10. The van der Waals surface area contributed by atoms with Crippen molar-refractivity contribution in [2.75, 3.05) is 13.7 Å². The second kappa shape index (κ2) is 4.99. The molecule has 0 aliphatic carbocycles. The van der Waals surface area contributed by atoms with Crippen LogP contribution in [0.5, 0.6) is 0 Å². The molecule has 4 heteroatoms. The Morgan fingerprint density at radius 2 is 2.46 bits per heavy atom. The predicted octanol–water partition coefficient (Wildman–Crippen LogP) is 0.867. The SMILES string of the molecule is CCOC(=O)[C@H]1CC=C[C@@H](OC)O1. The molecule has 0 fully saturated rings. The molecule has 0 spiro atoms. The number of carbonyl (C=O) groups excluding carboxylic acids is 1. The Kier molecular flexibility index (Phi) is 3.92. The van der Waals surface area contributed by atoms with Gasteiger partial charge in [-0.1, -0.05) is 6.08 Å². The van der Waals surface area contributed by atoms with Gasteiger partial charge >= 0.3 is 5.97 Å². The third kappa shape index (κ3) is 2.82. The molecular formula is C9H14O4. The van der Waals surface area contributed by atoms with Gasteiger partial charge < -0.3 is 14.2 Å². The highest BCUT2D eigenvalue weighted by molar-refractivity contribution is 5.75. The minimum absolute atomic E-state index is 0.325. The van der Waals surface area contributed by atoms with Crippen LogP contribution in [-0.4, -0.2) is 32.1 Å². The summed E-state index contributed by atoms with van der Waals surface area (Å²) in [5, 5.41) is 0. The highest BCUT2D eigenvalue weighted by atomic mass is 16.7. The topological polar surface area (TPSA) is 44.8 Å². The van der Waals surface area contributed by atoms with Crippen LogP contribution >= 0.6 is 0 Å². The number of hydrogen-bond acceptors (Lipinski definition) is 4. The van der Waals surface area contributed by atoms with Crippen LogP contribution in [0.1, 0.15) is 13.3 Å². The Morgan fingerprint density at radius 3 is 3.08 bits per heavy atom. The van der Waals surface area contributed by atoms with Crippen LogP contribution in [0.2, 0.25) is 0 Å². The van der Waals surface area contributed by atoms with Gasteiger partial charge in [0.25, 0.3) is 0 Å². The van der Waals surface area contributed by atoms with Crippen LogP contribution in [0.25, 0.3) is 0 Å². The highest BCUT2D eigenvalue weighted by Gasteiger charge is 2.25. The van der Waals surface area contributed by atoms with Gasteiger partial charge in [0, 0.05) is 13.5 Å². The molecule has 0 radical (unpaired) electrons. The summed E-state index contributed by atoms with van der Waals surface area (Å²) in [6, 6.07) is 0. The molecule has 0 aromatic heterocycles. The summed E-state index contributed by atoms with van der Waals surface area (Å²) < 4.78 is 15.0. The van der Waals surface area contributed by atoms with Crippen LogP contribution in [0.4, 0.5) is 0 Å². The molecule has 1 rings (SSSR count). The van der Waals surface area contributed by atoms with Crippen molar-refractivity contribution in [3.8, 4) is 0 Å². The van der Waals surface area contributed by atoms with Crippen molar-refractivity contribution >= 4 is 5.97 Å². The Bertz CT molecular complexity index is 200. The van der Waals surface area contributed by atoms with Gasteiger partial charge in [-0.05, 0) is 13.0 Å². The second-order valence-electron chi connectivity index (χ2n) is 2.64. The molecule has 4 nitrogen and oxygen atoms in total. The molecule has 74 valence electrons. The second-order valence-corrected chi connectivity index (χ2v) is 2.64. The van der Waals surface area contributed by atoms with Crippen molar-refractivity contribution in [3.05, 3.63) is 12.2 Å². The van der Waals surface area contributed by atoms with E-state index in [0.29, 0.717) is 13.0 Å². The summed E-state index contributed by atoms with van der Waals surface area (Å²) in [4.78, 5) is 11.2. The third-order valence-corrected chi connectivity index (χ3v) is 1.72. The molecule has 1 aliphatic heterocycles. The van der Waals surface area contributed by atoms with E-state index in [1.165, 1.54) is 7.11 Å². The van der Waals surface area contributed by atoms with Gasteiger partial charge in [0.05, 0.1) is 6.61 Å². The number of carbonyl (C=O) groups is 1. The molecule has 1 aliphatic rings. The Morgan fingerprint density at radius 1 is 1.69 bits per heavy atom. The largest absolute Gasteiger partial charge is 0.464 e. The molecule has 0 aromatic rings. The van der Waals surface area contributed by atoms with E-state index in [4.69, 9.17) is 14.2 Å². The van der Waals surface area contributed by atoms with E-state index in [1.54, 1.807) is 13.0 Å². The number of rotatable bonds is 3. The lowest BCUT2D eigenvalue weighted by Gasteiger charge is -2.23. The van der Waals surface area contributed by atoms with E-state index < -0.39 is 12.4 Å². The van der Waals surface area contributed by atoms with Crippen molar-refractivity contribution in [3.63, 3.8) is 0 Å². The zero-order chi connectivity index (χ0) is 9.68.